The molecule has 8 nitrogen and oxygen atoms in total. The number of carboxylic acids is 1. The molecule has 0 aromatic carbocycles. The molecule has 0 saturated carbocycles. The molecular weight excluding hydrogens is 288 g/mol. The van der Waals surface area contributed by atoms with Crippen molar-refractivity contribution in [2.24, 2.45) is 5.10 Å². The van der Waals surface area contributed by atoms with Gasteiger partial charge in [0.2, 0.25) is 0 Å². The van der Waals surface area contributed by atoms with Crippen LogP contribution in [-0.4, -0.2) is 45.5 Å². The third-order valence-corrected chi connectivity index (χ3v) is 2.94. The summed E-state index contributed by atoms with van der Waals surface area (Å²) in [6, 6.07) is 0. The van der Waals surface area contributed by atoms with Gasteiger partial charge in [-0.15, -0.1) is 0 Å². The lowest BCUT2D eigenvalue weighted by atomic mass is 10.2. The summed E-state index contributed by atoms with van der Waals surface area (Å²) in [5.41, 5.74) is -0.567. The minimum absolute atomic E-state index is 0.122. The van der Waals surface area contributed by atoms with Gasteiger partial charge in [0.15, 0.2) is 0 Å². The molecule has 0 aliphatic carbocycles. The first-order valence-corrected chi connectivity index (χ1v) is 6.83. The van der Waals surface area contributed by atoms with E-state index in [1.165, 1.54) is 21.9 Å². The Bertz CT molecular complexity index is 726. The van der Waals surface area contributed by atoms with Crippen molar-refractivity contribution in [3.63, 3.8) is 0 Å². The zero-order chi connectivity index (χ0) is 16.9. The Hall–Kier alpha value is -2.64. The van der Waals surface area contributed by atoms with Crippen molar-refractivity contribution >= 4 is 18.3 Å². The summed E-state index contributed by atoms with van der Waals surface area (Å²) in [6.45, 7) is 3.99. The lowest BCUT2D eigenvalue weighted by Crippen LogP contribution is -2.42. The maximum absolute atomic E-state index is 12.4. The number of carbonyl (C=O) groups is 1. The third kappa shape index (κ3) is 3.72. The highest BCUT2D eigenvalue weighted by Gasteiger charge is 2.15. The van der Waals surface area contributed by atoms with Crippen LogP contribution in [-0.2, 0) is 17.9 Å². The standard InChI is InChI=1S/C14H20N4O4/c1-5-17-11(9-15-16(3)4)10(7-8-12(19)20)13(21)18(6-2)14(17)22/h7-9H,5-6H2,1-4H3,(H,19,20)/b8-7+,15-9?. The molecule has 0 fully saturated rings. The predicted molar refractivity (Wildman–Crippen MR) is 84.3 cm³/mol. The smallest absolute Gasteiger partial charge is 0.331 e. The zero-order valence-corrected chi connectivity index (χ0v) is 13.1. The van der Waals surface area contributed by atoms with Crippen LogP contribution in [0.2, 0.25) is 0 Å². The van der Waals surface area contributed by atoms with Gasteiger partial charge in [0.05, 0.1) is 17.5 Å². The molecule has 0 amide bonds. The molecule has 1 rings (SSSR count). The molecule has 0 spiro atoms. The van der Waals surface area contributed by atoms with E-state index in [2.05, 4.69) is 5.10 Å². The van der Waals surface area contributed by atoms with E-state index in [-0.39, 0.29) is 17.8 Å². The fourth-order valence-electron chi connectivity index (χ4n) is 1.94. The molecule has 120 valence electrons. The van der Waals surface area contributed by atoms with Crippen molar-refractivity contribution in [1.82, 2.24) is 14.1 Å². The Balaban J connectivity index is 3.79. The molecule has 0 saturated heterocycles. The minimum atomic E-state index is -1.17. The normalized spacial score (nSPS) is 11.5. The Morgan fingerprint density at radius 3 is 2.27 bits per heavy atom. The molecule has 8 heteroatoms. The number of hydrogen-bond acceptors (Lipinski definition) is 5. The van der Waals surface area contributed by atoms with Gasteiger partial charge in [0.1, 0.15) is 0 Å². The monoisotopic (exact) mass is 308 g/mol. The van der Waals surface area contributed by atoms with Crippen LogP contribution in [0.1, 0.15) is 25.1 Å². The minimum Gasteiger partial charge on any atom is -0.478 e. The van der Waals surface area contributed by atoms with Crippen LogP contribution in [0.4, 0.5) is 0 Å². The molecule has 0 bridgehead atoms. The SMILES string of the molecule is CCn1c(C=NN(C)C)c(/C=C/C(=O)O)c(=O)n(CC)c1=O. The molecule has 1 N–H and O–H groups in total. The van der Waals surface area contributed by atoms with Crippen LogP contribution < -0.4 is 11.2 Å². The van der Waals surface area contributed by atoms with Crippen molar-refractivity contribution in [2.75, 3.05) is 14.1 Å². The van der Waals surface area contributed by atoms with Crippen LogP contribution in [0.15, 0.2) is 20.8 Å². The number of carboxylic acid groups (broad SMARTS) is 1. The van der Waals surface area contributed by atoms with Crippen LogP contribution >= 0.6 is 0 Å². The van der Waals surface area contributed by atoms with Crippen molar-refractivity contribution in [2.45, 2.75) is 26.9 Å². The van der Waals surface area contributed by atoms with Gasteiger partial charge in [-0.2, -0.15) is 5.10 Å². The molecule has 0 aliphatic heterocycles. The first kappa shape index (κ1) is 17.4. The highest BCUT2D eigenvalue weighted by atomic mass is 16.4. The highest BCUT2D eigenvalue weighted by molar-refractivity contribution is 5.89. The maximum atomic E-state index is 12.4. The summed E-state index contributed by atoms with van der Waals surface area (Å²) in [4.78, 5) is 35.4. The highest BCUT2D eigenvalue weighted by Crippen LogP contribution is 2.03. The number of aromatic nitrogens is 2. The number of nitrogens with zero attached hydrogens (tertiary/aromatic N) is 4. The van der Waals surface area contributed by atoms with E-state index in [4.69, 9.17) is 5.11 Å². The second kappa shape index (κ2) is 7.39. The zero-order valence-electron chi connectivity index (χ0n) is 13.1. The number of hydrazone groups is 1. The summed E-state index contributed by atoms with van der Waals surface area (Å²) in [5, 5.41) is 14.3. The molecule has 1 aromatic rings. The second-order valence-corrected chi connectivity index (χ2v) is 4.64. The molecule has 0 unspecified atom stereocenters. The summed E-state index contributed by atoms with van der Waals surface area (Å²) in [7, 11) is 3.40. The molecule has 0 atom stereocenters. The van der Waals surface area contributed by atoms with E-state index in [9.17, 15) is 14.4 Å². The Morgan fingerprint density at radius 2 is 1.82 bits per heavy atom. The van der Waals surface area contributed by atoms with E-state index in [0.717, 1.165) is 10.6 Å². The average Bonchev–Trinajstić information content (AvgIpc) is 2.44. The predicted octanol–water partition coefficient (Wildman–Crippen LogP) is 0.0431. The van der Waals surface area contributed by atoms with Crippen molar-refractivity contribution in [1.29, 1.82) is 0 Å². The summed E-state index contributed by atoms with van der Waals surface area (Å²) in [6.07, 6.45) is 3.45. The van der Waals surface area contributed by atoms with Gasteiger partial charge >= 0.3 is 11.7 Å². The lowest BCUT2D eigenvalue weighted by Gasteiger charge is -2.14. The number of aliphatic carboxylic acids is 1. The maximum Gasteiger partial charge on any atom is 0.331 e. The van der Waals surface area contributed by atoms with Crippen molar-refractivity contribution in [3.8, 4) is 0 Å². The fraction of sp³-hybridized carbons (Fsp3) is 0.429. The van der Waals surface area contributed by atoms with Gasteiger partial charge in [0.25, 0.3) is 5.56 Å². The number of rotatable bonds is 6. The van der Waals surface area contributed by atoms with Crippen LogP contribution in [0, 0.1) is 0 Å². The van der Waals surface area contributed by atoms with E-state index < -0.39 is 17.2 Å². The summed E-state index contributed by atoms with van der Waals surface area (Å²) < 4.78 is 2.46. The Kier molecular flexibility index (Phi) is 5.85. The molecule has 0 aliphatic rings. The molecule has 0 radical (unpaired) electrons. The first-order chi connectivity index (χ1) is 10.3. The fourth-order valence-corrected chi connectivity index (χ4v) is 1.94. The topological polar surface area (TPSA) is 96.9 Å². The first-order valence-electron chi connectivity index (χ1n) is 6.83. The molecule has 1 heterocycles. The number of hydrogen-bond donors (Lipinski definition) is 1. The van der Waals surface area contributed by atoms with Gasteiger partial charge in [-0.25, -0.2) is 9.59 Å². The van der Waals surface area contributed by atoms with E-state index >= 15 is 0 Å². The van der Waals surface area contributed by atoms with Crippen molar-refractivity contribution < 1.29 is 9.90 Å². The van der Waals surface area contributed by atoms with Gasteiger partial charge in [-0.05, 0) is 19.9 Å². The summed E-state index contributed by atoms with van der Waals surface area (Å²) >= 11 is 0. The second-order valence-electron chi connectivity index (χ2n) is 4.64. The Morgan fingerprint density at radius 1 is 1.23 bits per heavy atom. The average molecular weight is 308 g/mol. The van der Waals surface area contributed by atoms with E-state index in [1.807, 2.05) is 0 Å². The van der Waals surface area contributed by atoms with Gasteiger partial charge in [-0.3, -0.25) is 13.9 Å². The van der Waals surface area contributed by atoms with Crippen LogP contribution in [0.25, 0.3) is 6.08 Å². The quantitative estimate of drug-likeness (QED) is 0.455. The lowest BCUT2D eigenvalue weighted by molar-refractivity contribution is -0.131. The largest absolute Gasteiger partial charge is 0.478 e. The van der Waals surface area contributed by atoms with E-state index in [1.54, 1.807) is 27.9 Å². The van der Waals surface area contributed by atoms with Gasteiger partial charge in [0, 0.05) is 33.3 Å². The molecule has 1 aromatic heterocycles. The van der Waals surface area contributed by atoms with E-state index in [0.29, 0.717) is 6.54 Å². The van der Waals surface area contributed by atoms with Gasteiger partial charge in [-0.1, -0.05) is 0 Å². The Labute approximate surface area is 127 Å². The van der Waals surface area contributed by atoms with Crippen LogP contribution in [0.5, 0.6) is 0 Å². The van der Waals surface area contributed by atoms with Crippen LogP contribution in [0.3, 0.4) is 0 Å². The molecule has 22 heavy (non-hydrogen) atoms. The van der Waals surface area contributed by atoms with Gasteiger partial charge < -0.3 is 10.1 Å². The summed E-state index contributed by atoms with van der Waals surface area (Å²) in [5.74, 6) is -1.17. The molecular formula is C14H20N4O4. The van der Waals surface area contributed by atoms with Crippen molar-refractivity contribution in [3.05, 3.63) is 38.2 Å². The third-order valence-electron chi connectivity index (χ3n) is 2.94.